The Kier molecular flexibility index (Phi) is 3.57. The summed E-state index contributed by atoms with van der Waals surface area (Å²) in [6, 6.07) is 3.09. The summed E-state index contributed by atoms with van der Waals surface area (Å²) in [7, 11) is 2.07. The smallest absolute Gasteiger partial charge is 0.0674 e. The lowest BCUT2D eigenvalue weighted by Crippen LogP contribution is -2.42. The van der Waals surface area contributed by atoms with Gasteiger partial charge < -0.3 is 5.32 Å². The minimum absolute atomic E-state index is 0.407. The van der Waals surface area contributed by atoms with Gasteiger partial charge in [0.25, 0.3) is 0 Å². The van der Waals surface area contributed by atoms with Crippen LogP contribution in [0.25, 0.3) is 0 Å². The standard InChI is InChI=1S/C14H25N3/c1-14(2,3)11-6-7-12(15-4)13(10-11)17-9-5-8-16-17/h5,8-9,11-13,15H,6-7,10H2,1-4H3. The van der Waals surface area contributed by atoms with Crippen LogP contribution in [0.15, 0.2) is 18.5 Å². The first kappa shape index (κ1) is 12.6. The first-order valence-electron chi connectivity index (χ1n) is 6.68. The molecule has 17 heavy (non-hydrogen) atoms. The molecule has 3 atom stereocenters. The van der Waals surface area contributed by atoms with Crippen molar-refractivity contribution in [1.82, 2.24) is 15.1 Å². The molecule has 0 bridgehead atoms. The summed E-state index contributed by atoms with van der Waals surface area (Å²) in [6.45, 7) is 7.08. The minimum atomic E-state index is 0.407. The quantitative estimate of drug-likeness (QED) is 0.854. The van der Waals surface area contributed by atoms with Gasteiger partial charge in [0.1, 0.15) is 0 Å². The summed E-state index contributed by atoms with van der Waals surface area (Å²) in [5, 5.41) is 7.88. The fourth-order valence-electron chi connectivity index (χ4n) is 3.04. The molecular formula is C14H25N3. The van der Waals surface area contributed by atoms with Crippen molar-refractivity contribution in [2.24, 2.45) is 11.3 Å². The number of hydrogen-bond donors (Lipinski definition) is 1. The van der Waals surface area contributed by atoms with Crippen molar-refractivity contribution < 1.29 is 0 Å². The van der Waals surface area contributed by atoms with Crippen molar-refractivity contribution >= 4 is 0 Å². The minimum Gasteiger partial charge on any atom is -0.315 e. The normalized spacial score (nSPS) is 30.5. The molecule has 0 aromatic carbocycles. The Labute approximate surface area is 105 Å². The number of rotatable bonds is 2. The van der Waals surface area contributed by atoms with Crippen LogP contribution in [-0.4, -0.2) is 22.9 Å². The SMILES string of the molecule is CNC1CCC(C(C)(C)C)CC1n1cccn1. The fraction of sp³-hybridized carbons (Fsp3) is 0.786. The van der Waals surface area contributed by atoms with Gasteiger partial charge >= 0.3 is 0 Å². The number of likely N-dealkylation sites (N-methyl/N-ethyl adjacent to an activating group) is 1. The molecule has 1 N–H and O–H groups in total. The van der Waals surface area contributed by atoms with Gasteiger partial charge in [-0.05, 0) is 43.7 Å². The highest BCUT2D eigenvalue weighted by Gasteiger charge is 2.36. The lowest BCUT2D eigenvalue weighted by atomic mass is 9.69. The molecule has 96 valence electrons. The summed E-state index contributed by atoms with van der Waals surface area (Å²) in [5.41, 5.74) is 0.407. The summed E-state index contributed by atoms with van der Waals surface area (Å²) in [4.78, 5) is 0. The molecule has 1 aromatic rings. The van der Waals surface area contributed by atoms with Gasteiger partial charge in [0.05, 0.1) is 6.04 Å². The molecular weight excluding hydrogens is 210 g/mol. The molecule has 2 rings (SSSR count). The lowest BCUT2D eigenvalue weighted by molar-refractivity contribution is 0.115. The summed E-state index contributed by atoms with van der Waals surface area (Å²) < 4.78 is 2.14. The van der Waals surface area contributed by atoms with Gasteiger partial charge in [-0.15, -0.1) is 0 Å². The Balaban J connectivity index is 2.15. The Morgan fingerprint density at radius 3 is 2.59 bits per heavy atom. The Morgan fingerprint density at radius 1 is 1.29 bits per heavy atom. The molecule has 0 spiro atoms. The van der Waals surface area contributed by atoms with Crippen LogP contribution in [0.4, 0.5) is 0 Å². The zero-order valence-electron chi connectivity index (χ0n) is 11.5. The van der Waals surface area contributed by atoms with Gasteiger partial charge in [0.15, 0.2) is 0 Å². The van der Waals surface area contributed by atoms with E-state index in [2.05, 4.69) is 49.1 Å². The van der Waals surface area contributed by atoms with Crippen LogP contribution in [0.1, 0.15) is 46.1 Å². The number of aromatic nitrogens is 2. The lowest BCUT2D eigenvalue weighted by Gasteiger charge is -2.41. The molecule has 1 aliphatic carbocycles. The van der Waals surface area contributed by atoms with Crippen molar-refractivity contribution in [3.05, 3.63) is 18.5 Å². The van der Waals surface area contributed by atoms with E-state index in [-0.39, 0.29) is 0 Å². The van der Waals surface area contributed by atoms with Crippen molar-refractivity contribution in [3.8, 4) is 0 Å². The molecule has 1 fully saturated rings. The van der Waals surface area contributed by atoms with Crippen molar-refractivity contribution in [2.45, 2.75) is 52.1 Å². The molecule has 1 saturated carbocycles. The van der Waals surface area contributed by atoms with Gasteiger partial charge in [0, 0.05) is 18.4 Å². The summed E-state index contributed by atoms with van der Waals surface area (Å²) in [6.07, 6.45) is 7.79. The largest absolute Gasteiger partial charge is 0.315 e. The molecule has 3 heteroatoms. The van der Waals surface area contributed by atoms with Crippen LogP contribution in [0.2, 0.25) is 0 Å². The van der Waals surface area contributed by atoms with E-state index in [0.717, 1.165) is 5.92 Å². The molecule has 0 amide bonds. The summed E-state index contributed by atoms with van der Waals surface area (Å²) in [5.74, 6) is 0.793. The van der Waals surface area contributed by atoms with Gasteiger partial charge in [-0.2, -0.15) is 5.10 Å². The van der Waals surface area contributed by atoms with Crippen molar-refractivity contribution in [3.63, 3.8) is 0 Å². The Bertz CT molecular complexity index is 337. The van der Waals surface area contributed by atoms with Gasteiger partial charge in [-0.25, -0.2) is 0 Å². The molecule has 1 aliphatic rings. The van der Waals surface area contributed by atoms with Crippen LogP contribution >= 0.6 is 0 Å². The van der Waals surface area contributed by atoms with Crippen LogP contribution in [-0.2, 0) is 0 Å². The highest BCUT2D eigenvalue weighted by molar-refractivity contribution is 4.93. The molecule has 3 nitrogen and oxygen atoms in total. The van der Waals surface area contributed by atoms with E-state index in [1.807, 2.05) is 12.3 Å². The Hall–Kier alpha value is -0.830. The second-order valence-corrected chi connectivity index (χ2v) is 6.32. The first-order valence-corrected chi connectivity index (χ1v) is 6.68. The third-order valence-corrected chi connectivity index (χ3v) is 4.28. The fourth-order valence-corrected chi connectivity index (χ4v) is 3.04. The van der Waals surface area contributed by atoms with Crippen LogP contribution in [0.5, 0.6) is 0 Å². The van der Waals surface area contributed by atoms with E-state index >= 15 is 0 Å². The van der Waals surface area contributed by atoms with Crippen LogP contribution in [0.3, 0.4) is 0 Å². The van der Waals surface area contributed by atoms with Crippen LogP contribution < -0.4 is 5.32 Å². The predicted octanol–water partition coefficient (Wildman–Crippen LogP) is 2.86. The zero-order valence-corrected chi connectivity index (χ0v) is 11.5. The maximum Gasteiger partial charge on any atom is 0.0674 e. The third-order valence-electron chi connectivity index (χ3n) is 4.28. The topological polar surface area (TPSA) is 29.9 Å². The van der Waals surface area contributed by atoms with E-state index in [0.29, 0.717) is 17.5 Å². The molecule has 0 aliphatic heterocycles. The Morgan fingerprint density at radius 2 is 2.06 bits per heavy atom. The van der Waals surface area contributed by atoms with Crippen molar-refractivity contribution in [1.29, 1.82) is 0 Å². The average Bonchev–Trinajstić information content (AvgIpc) is 2.80. The van der Waals surface area contributed by atoms with E-state index in [4.69, 9.17) is 0 Å². The maximum atomic E-state index is 4.43. The highest BCUT2D eigenvalue weighted by atomic mass is 15.3. The molecule has 0 radical (unpaired) electrons. The second kappa shape index (κ2) is 4.81. The number of nitrogens with zero attached hydrogens (tertiary/aromatic N) is 2. The average molecular weight is 235 g/mol. The van der Waals surface area contributed by atoms with Crippen molar-refractivity contribution in [2.75, 3.05) is 7.05 Å². The molecule has 0 saturated heterocycles. The number of nitrogens with one attached hydrogen (secondary N) is 1. The molecule has 3 unspecified atom stereocenters. The van der Waals surface area contributed by atoms with Gasteiger partial charge in [-0.1, -0.05) is 20.8 Å². The predicted molar refractivity (Wildman–Crippen MR) is 70.9 cm³/mol. The third kappa shape index (κ3) is 2.71. The van der Waals surface area contributed by atoms with Crippen LogP contribution in [0, 0.1) is 11.3 Å². The zero-order chi connectivity index (χ0) is 12.5. The van der Waals surface area contributed by atoms with E-state index < -0.39 is 0 Å². The first-order chi connectivity index (χ1) is 8.02. The monoisotopic (exact) mass is 235 g/mol. The highest BCUT2D eigenvalue weighted by Crippen LogP contribution is 2.41. The summed E-state index contributed by atoms with van der Waals surface area (Å²) >= 11 is 0. The van der Waals surface area contributed by atoms with E-state index in [9.17, 15) is 0 Å². The molecule has 1 aromatic heterocycles. The van der Waals surface area contributed by atoms with E-state index in [1.54, 1.807) is 0 Å². The van der Waals surface area contributed by atoms with Gasteiger partial charge in [-0.3, -0.25) is 4.68 Å². The number of hydrogen-bond acceptors (Lipinski definition) is 2. The van der Waals surface area contributed by atoms with Gasteiger partial charge in [0.2, 0.25) is 0 Å². The maximum absolute atomic E-state index is 4.43. The van der Waals surface area contributed by atoms with E-state index in [1.165, 1.54) is 19.3 Å². The second-order valence-electron chi connectivity index (χ2n) is 6.32. The molecule has 1 heterocycles.